The Balaban J connectivity index is 1.000. The molecule has 1 aromatic heterocycles. The van der Waals surface area contributed by atoms with Crippen LogP contribution in [0.2, 0.25) is 0 Å². The molecule has 3 aromatic rings. The van der Waals surface area contributed by atoms with E-state index in [4.69, 9.17) is 4.63 Å². The molecule has 0 unspecified atom stereocenters. The molecule has 0 N–H and O–H groups in total. The third-order valence-corrected chi connectivity index (χ3v) is 7.53. The summed E-state index contributed by atoms with van der Waals surface area (Å²) in [5, 5.41) is 7.82. The third kappa shape index (κ3) is 5.80. The maximum absolute atomic E-state index is 12.8. The highest BCUT2D eigenvalue weighted by molar-refractivity contribution is 5.76. The van der Waals surface area contributed by atoms with Crippen molar-refractivity contribution < 1.29 is 9.42 Å². The Kier molecular flexibility index (Phi) is 7.01. The van der Waals surface area contributed by atoms with E-state index >= 15 is 0 Å². The Labute approximate surface area is 195 Å². The normalized spacial score (nSPS) is 18.7. The number of hydrogen-bond donors (Lipinski definition) is 0. The van der Waals surface area contributed by atoms with Crippen molar-refractivity contribution in [2.24, 2.45) is 11.8 Å². The van der Waals surface area contributed by atoms with Gasteiger partial charge in [0.25, 0.3) is 0 Å². The highest BCUT2D eigenvalue weighted by Crippen LogP contribution is 2.26. The average molecular weight is 447 g/mol. The Hall–Kier alpha value is -2.73. The lowest BCUT2D eigenvalue weighted by atomic mass is 9.89. The fourth-order valence-corrected chi connectivity index (χ4v) is 5.44. The van der Waals surface area contributed by atoms with Crippen molar-refractivity contribution in [3.63, 3.8) is 0 Å². The van der Waals surface area contributed by atoms with E-state index in [1.54, 1.807) is 0 Å². The second kappa shape index (κ2) is 10.5. The number of benzene rings is 2. The predicted molar refractivity (Wildman–Crippen MR) is 128 cm³/mol. The van der Waals surface area contributed by atoms with Crippen molar-refractivity contribution in [3.8, 4) is 0 Å². The number of nitrogens with zero attached hydrogens (tertiary/aromatic N) is 4. The fraction of sp³-hybridized carbons (Fsp3) is 0.519. The van der Waals surface area contributed by atoms with Crippen molar-refractivity contribution in [2.75, 3.05) is 26.2 Å². The minimum atomic E-state index is 0.366. The van der Waals surface area contributed by atoms with Crippen molar-refractivity contribution in [3.05, 3.63) is 59.7 Å². The lowest BCUT2D eigenvalue weighted by Crippen LogP contribution is -2.39. The Morgan fingerprint density at radius 2 is 1.58 bits per heavy atom. The SMILES string of the molecule is O=C(CCC1CCN(Cc2ccc3nonc3c2)CC1)N1CCC(Cc2ccccc2)CC1. The first-order chi connectivity index (χ1) is 16.2. The summed E-state index contributed by atoms with van der Waals surface area (Å²) in [7, 11) is 0. The number of aromatic nitrogens is 2. The standard InChI is InChI=1S/C27H34N4O2/c32-27(31-16-12-23(13-17-31)18-22-4-2-1-3-5-22)9-7-21-10-14-30(15-11-21)20-24-6-8-25-26(19-24)29-33-28-25/h1-6,8,19,21,23H,7,9-18,20H2. The molecule has 2 fully saturated rings. The van der Waals surface area contributed by atoms with E-state index in [-0.39, 0.29) is 0 Å². The maximum atomic E-state index is 12.8. The van der Waals surface area contributed by atoms with E-state index < -0.39 is 0 Å². The number of amides is 1. The summed E-state index contributed by atoms with van der Waals surface area (Å²) in [6.07, 6.45) is 7.52. The van der Waals surface area contributed by atoms with Crippen LogP contribution in [0.1, 0.15) is 49.7 Å². The molecule has 0 bridgehead atoms. The Morgan fingerprint density at radius 1 is 0.848 bits per heavy atom. The number of fused-ring (bicyclic) bond motifs is 1. The van der Waals surface area contributed by atoms with Gasteiger partial charge < -0.3 is 4.90 Å². The van der Waals surface area contributed by atoms with Gasteiger partial charge in [-0.3, -0.25) is 9.69 Å². The lowest BCUT2D eigenvalue weighted by molar-refractivity contribution is -0.133. The van der Waals surface area contributed by atoms with Gasteiger partial charge in [0.05, 0.1) is 0 Å². The second-order valence-corrected chi connectivity index (χ2v) is 9.86. The van der Waals surface area contributed by atoms with Crippen LogP contribution < -0.4 is 0 Å². The van der Waals surface area contributed by atoms with Gasteiger partial charge in [0, 0.05) is 26.1 Å². The molecule has 2 aliphatic rings. The van der Waals surface area contributed by atoms with Crippen LogP contribution in [0.4, 0.5) is 0 Å². The summed E-state index contributed by atoms with van der Waals surface area (Å²) in [6.45, 7) is 4.99. The molecule has 0 atom stereocenters. The predicted octanol–water partition coefficient (Wildman–Crippen LogP) is 4.70. The van der Waals surface area contributed by atoms with Gasteiger partial charge in [-0.2, -0.15) is 0 Å². The van der Waals surface area contributed by atoms with Crippen LogP contribution in [0.25, 0.3) is 11.0 Å². The summed E-state index contributed by atoms with van der Waals surface area (Å²) in [5.74, 6) is 1.75. The smallest absolute Gasteiger partial charge is 0.222 e. The maximum Gasteiger partial charge on any atom is 0.222 e. The zero-order valence-electron chi connectivity index (χ0n) is 19.4. The van der Waals surface area contributed by atoms with Crippen molar-refractivity contribution in [1.29, 1.82) is 0 Å². The van der Waals surface area contributed by atoms with Gasteiger partial charge >= 0.3 is 0 Å². The van der Waals surface area contributed by atoms with Crippen LogP contribution in [-0.2, 0) is 17.8 Å². The van der Waals surface area contributed by atoms with E-state index in [0.717, 1.165) is 69.4 Å². The van der Waals surface area contributed by atoms with Crippen LogP contribution in [0.15, 0.2) is 53.2 Å². The molecule has 174 valence electrons. The fourth-order valence-electron chi connectivity index (χ4n) is 5.44. The quantitative estimate of drug-likeness (QED) is 0.527. The second-order valence-electron chi connectivity index (χ2n) is 9.86. The number of carbonyl (C=O) groups excluding carboxylic acids is 1. The van der Waals surface area contributed by atoms with E-state index in [9.17, 15) is 4.79 Å². The van der Waals surface area contributed by atoms with Gasteiger partial charge in [-0.25, -0.2) is 4.63 Å². The number of rotatable bonds is 7. The molecule has 5 rings (SSSR count). The van der Waals surface area contributed by atoms with Gasteiger partial charge in [-0.1, -0.05) is 36.4 Å². The molecule has 3 heterocycles. The average Bonchev–Trinajstić information content (AvgIpc) is 3.33. The minimum absolute atomic E-state index is 0.366. The monoisotopic (exact) mass is 446 g/mol. The third-order valence-electron chi connectivity index (χ3n) is 7.53. The Morgan fingerprint density at radius 3 is 2.36 bits per heavy atom. The van der Waals surface area contributed by atoms with Crippen molar-refractivity contribution in [2.45, 2.75) is 51.5 Å². The molecule has 33 heavy (non-hydrogen) atoms. The molecule has 0 aliphatic carbocycles. The summed E-state index contributed by atoms with van der Waals surface area (Å²) in [6, 6.07) is 16.9. The van der Waals surface area contributed by atoms with Crippen LogP contribution in [-0.4, -0.2) is 52.2 Å². The minimum Gasteiger partial charge on any atom is -0.343 e. The largest absolute Gasteiger partial charge is 0.343 e. The van der Waals surface area contributed by atoms with Crippen molar-refractivity contribution >= 4 is 16.9 Å². The first-order valence-corrected chi connectivity index (χ1v) is 12.5. The molecule has 2 aromatic carbocycles. The van der Waals surface area contributed by atoms with Gasteiger partial charge in [0.15, 0.2) is 0 Å². The lowest BCUT2D eigenvalue weighted by Gasteiger charge is -2.34. The molecular formula is C27H34N4O2. The summed E-state index contributed by atoms with van der Waals surface area (Å²) in [4.78, 5) is 17.4. The molecule has 0 radical (unpaired) electrons. The van der Waals surface area contributed by atoms with E-state index in [2.05, 4.69) is 62.6 Å². The van der Waals surface area contributed by atoms with E-state index in [0.29, 0.717) is 24.2 Å². The van der Waals surface area contributed by atoms with Crippen molar-refractivity contribution in [1.82, 2.24) is 20.1 Å². The first kappa shape index (κ1) is 22.1. The molecule has 0 saturated carbocycles. The molecule has 6 nitrogen and oxygen atoms in total. The van der Waals surface area contributed by atoms with Crippen LogP contribution in [0.5, 0.6) is 0 Å². The van der Waals surface area contributed by atoms with Crippen LogP contribution >= 0.6 is 0 Å². The van der Waals surface area contributed by atoms with Crippen LogP contribution in [0.3, 0.4) is 0 Å². The van der Waals surface area contributed by atoms with E-state index in [1.807, 2.05) is 6.07 Å². The molecule has 6 heteroatoms. The van der Waals surface area contributed by atoms with E-state index in [1.165, 1.54) is 24.0 Å². The summed E-state index contributed by atoms with van der Waals surface area (Å²) in [5.41, 5.74) is 4.30. The number of likely N-dealkylation sites (tertiary alicyclic amines) is 2. The first-order valence-electron chi connectivity index (χ1n) is 12.5. The Bertz CT molecular complexity index is 1030. The van der Waals surface area contributed by atoms with Gasteiger partial charge in [0.2, 0.25) is 5.91 Å². The zero-order valence-corrected chi connectivity index (χ0v) is 19.4. The summed E-state index contributed by atoms with van der Waals surface area (Å²) < 4.78 is 4.80. The number of hydrogen-bond acceptors (Lipinski definition) is 5. The highest BCUT2D eigenvalue weighted by atomic mass is 16.6. The zero-order chi connectivity index (χ0) is 22.5. The summed E-state index contributed by atoms with van der Waals surface area (Å²) >= 11 is 0. The van der Waals surface area contributed by atoms with Crippen LogP contribution in [0, 0.1) is 11.8 Å². The molecule has 2 saturated heterocycles. The molecule has 1 amide bonds. The molecular weight excluding hydrogens is 412 g/mol. The van der Waals surface area contributed by atoms with Gasteiger partial charge in [-0.05, 0) is 97.0 Å². The number of carbonyl (C=O) groups is 1. The van der Waals surface area contributed by atoms with Gasteiger partial charge in [-0.15, -0.1) is 0 Å². The molecule has 2 aliphatic heterocycles. The van der Waals surface area contributed by atoms with Gasteiger partial charge in [0.1, 0.15) is 11.0 Å². The molecule has 0 spiro atoms. The highest BCUT2D eigenvalue weighted by Gasteiger charge is 2.25. The number of piperidine rings is 2. The topological polar surface area (TPSA) is 62.5 Å².